The molecule has 0 fully saturated rings. The number of hydrogen-bond acceptors (Lipinski definition) is 3. The van der Waals surface area contributed by atoms with Gasteiger partial charge in [0.2, 0.25) is 5.91 Å². The van der Waals surface area contributed by atoms with E-state index in [2.05, 4.69) is 5.32 Å². The van der Waals surface area contributed by atoms with E-state index in [9.17, 15) is 9.59 Å². The molecular formula is C23H24N2O3. The van der Waals surface area contributed by atoms with Crippen molar-refractivity contribution < 1.29 is 14.3 Å². The second kappa shape index (κ2) is 9.04. The SMILES string of the molecule is CNC(=O)C(C)N(Cc1ccccc1)C(=O)COc1cccc2ccccc12. The minimum Gasteiger partial charge on any atom is -0.483 e. The normalized spacial score (nSPS) is 11.6. The van der Waals surface area contributed by atoms with Gasteiger partial charge in [-0.05, 0) is 23.9 Å². The van der Waals surface area contributed by atoms with Crippen LogP contribution >= 0.6 is 0 Å². The summed E-state index contributed by atoms with van der Waals surface area (Å²) in [5.41, 5.74) is 0.955. The average Bonchev–Trinajstić information content (AvgIpc) is 2.75. The van der Waals surface area contributed by atoms with Crippen molar-refractivity contribution in [3.8, 4) is 5.75 Å². The lowest BCUT2D eigenvalue weighted by Gasteiger charge is -2.28. The van der Waals surface area contributed by atoms with Crippen molar-refractivity contribution in [2.45, 2.75) is 19.5 Å². The van der Waals surface area contributed by atoms with E-state index < -0.39 is 6.04 Å². The third-order valence-electron chi connectivity index (χ3n) is 4.71. The smallest absolute Gasteiger partial charge is 0.261 e. The van der Waals surface area contributed by atoms with Crippen LogP contribution in [-0.2, 0) is 16.1 Å². The van der Waals surface area contributed by atoms with Crippen molar-refractivity contribution in [2.75, 3.05) is 13.7 Å². The molecule has 3 aromatic carbocycles. The summed E-state index contributed by atoms with van der Waals surface area (Å²) < 4.78 is 5.84. The maximum Gasteiger partial charge on any atom is 0.261 e. The van der Waals surface area contributed by atoms with E-state index in [0.717, 1.165) is 16.3 Å². The Balaban J connectivity index is 1.77. The van der Waals surface area contributed by atoms with Crippen LogP contribution in [0.25, 0.3) is 10.8 Å². The Labute approximate surface area is 164 Å². The molecule has 0 aromatic heterocycles. The molecule has 1 atom stereocenters. The standard InChI is InChI=1S/C23H24N2O3/c1-17(23(27)24-2)25(15-18-9-4-3-5-10-18)22(26)16-28-21-14-8-12-19-11-6-7-13-20(19)21/h3-14,17H,15-16H2,1-2H3,(H,24,27). The van der Waals surface area contributed by atoms with Crippen molar-refractivity contribution >= 4 is 22.6 Å². The summed E-state index contributed by atoms with van der Waals surface area (Å²) in [7, 11) is 1.57. The number of fused-ring (bicyclic) bond motifs is 1. The van der Waals surface area contributed by atoms with E-state index in [1.807, 2.05) is 72.8 Å². The van der Waals surface area contributed by atoms with Gasteiger partial charge in [-0.25, -0.2) is 0 Å². The number of nitrogens with one attached hydrogen (secondary N) is 1. The van der Waals surface area contributed by atoms with E-state index in [1.165, 1.54) is 0 Å². The molecule has 0 aliphatic rings. The Bertz CT molecular complexity index is 951. The van der Waals surface area contributed by atoms with Crippen molar-refractivity contribution in [1.82, 2.24) is 10.2 Å². The number of carbonyl (C=O) groups excluding carboxylic acids is 2. The fraction of sp³-hybridized carbons (Fsp3) is 0.217. The largest absolute Gasteiger partial charge is 0.483 e. The first-order valence-electron chi connectivity index (χ1n) is 9.25. The van der Waals surface area contributed by atoms with Crippen LogP contribution in [0.4, 0.5) is 0 Å². The molecule has 5 nitrogen and oxygen atoms in total. The Kier molecular flexibility index (Phi) is 6.27. The first-order chi connectivity index (χ1) is 13.6. The maximum atomic E-state index is 12.9. The zero-order chi connectivity index (χ0) is 19.9. The fourth-order valence-corrected chi connectivity index (χ4v) is 3.12. The molecule has 0 bridgehead atoms. The topological polar surface area (TPSA) is 58.6 Å². The molecule has 2 amide bonds. The summed E-state index contributed by atoms with van der Waals surface area (Å²) in [6, 6.07) is 22.6. The zero-order valence-corrected chi connectivity index (χ0v) is 16.1. The van der Waals surface area contributed by atoms with Crippen LogP contribution in [0, 0.1) is 0 Å². The van der Waals surface area contributed by atoms with Crippen LogP contribution in [0.15, 0.2) is 72.8 Å². The predicted molar refractivity (Wildman–Crippen MR) is 110 cm³/mol. The molecule has 144 valence electrons. The summed E-state index contributed by atoms with van der Waals surface area (Å²) in [6.45, 7) is 1.92. The minimum atomic E-state index is -0.603. The van der Waals surface area contributed by atoms with Crippen molar-refractivity contribution in [1.29, 1.82) is 0 Å². The molecular weight excluding hydrogens is 352 g/mol. The Hall–Kier alpha value is -3.34. The van der Waals surface area contributed by atoms with Crippen molar-refractivity contribution in [3.05, 3.63) is 78.4 Å². The van der Waals surface area contributed by atoms with Crippen LogP contribution < -0.4 is 10.1 Å². The molecule has 5 heteroatoms. The average molecular weight is 376 g/mol. The van der Waals surface area contributed by atoms with Gasteiger partial charge in [0, 0.05) is 19.0 Å². The van der Waals surface area contributed by atoms with Gasteiger partial charge < -0.3 is 15.0 Å². The zero-order valence-electron chi connectivity index (χ0n) is 16.1. The predicted octanol–water partition coefficient (Wildman–Crippen LogP) is 3.38. The minimum absolute atomic E-state index is 0.137. The highest BCUT2D eigenvalue weighted by atomic mass is 16.5. The lowest BCUT2D eigenvalue weighted by atomic mass is 10.1. The van der Waals surface area contributed by atoms with Gasteiger partial charge in [0.15, 0.2) is 6.61 Å². The van der Waals surface area contributed by atoms with Gasteiger partial charge in [-0.3, -0.25) is 9.59 Å². The van der Waals surface area contributed by atoms with E-state index in [1.54, 1.807) is 18.9 Å². The van der Waals surface area contributed by atoms with Crippen LogP contribution in [0.1, 0.15) is 12.5 Å². The third kappa shape index (κ3) is 4.49. The number of likely N-dealkylation sites (N-methyl/N-ethyl adjacent to an activating group) is 1. The number of rotatable bonds is 7. The number of benzene rings is 3. The summed E-state index contributed by atoms with van der Waals surface area (Å²) in [4.78, 5) is 26.6. The van der Waals surface area contributed by atoms with Gasteiger partial charge in [-0.2, -0.15) is 0 Å². The molecule has 1 N–H and O–H groups in total. The Morgan fingerprint density at radius 1 is 0.964 bits per heavy atom. The van der Waals surface area contributed by atoms with Gasteiger partial charge in [-0.15, -0.1) is 0 Å². The molecule has 0 saturated heterocycles. The molecule has 0 heterocycles. The molecule has 0 aliphatic heterocycles. The van der Waals surface area contributed by atoms with Crippen LogP contribution in [0.3, 0.4) is 0 Å². The molecule has 1 unspecified atom stereocenters. The first-order valence-corrected chi connectivity index (χ1v) is 9.25. The van der Waals surface area contributed by atoms with Gasteiger partial charge in [0.05, 0.1) is 0 Å². The second-order valence-electron chi connectivity index (χ2n) is 6.56. The Morgan fingerprint density at radius 2 is 1.64 bits per heavy atom. The van der Waals surface area contributed by atoms with Gasteiger partial charge in [0.1, 0.15) is 11.8 Å². The molecule has 3 aromatic rings. The number of nitrogens with zero attached hydrogens (tertiary/aromatic N) is 1. The molecule has 3 rings (SSSR count). The maximum absolute atomic E-state index is 12.9. The number of ether oxygens (including phenoxy) is 1. The second-order valence-corrected chi connectivity index (χ2v) is 6.56. The quantitative estimate of drug-likeness (QED) is 0.688. The molecule has 28 heavy (non-hydrogen) atoms. The number of carbonyl (C=O) groups is 2. The first kappa shape index (κ1) is 19.4. The Morgan fingerprint density at radius 3 is 2.39 bits per heavy atom. The van der Waals surface area contributed by atoms with Crippen LogP contribution in [0.5, 0.6) is 5.75 Å². The summed E-state index contributed by atoms with van der Waals surface area (Å²) in [5.74, 6) is 0.195. The highest BCUT2D eigenvalue weighted by molar-refractivity contribution is 5.90. The van der Waals surface area contributed by atoms with Gasteiger partial charge in [-0.1, -0.05) is 66.7 Å². The van der Waals surface area contributed by atoms with Gasteiger partial charge >= 0.3 is 0 Å². The monoisotopic (exact) mass is 376 g/mol. The molecule has 0 aliphatic carbocycles. The van der Waals surface area contributed by atoms with Crippen LogP contribution in [0.2, 0.25) is 0 Å². The van der Waals surface area contributed by atoms with Gasteiger partial charge in [0.25, 0.3) is 5.91 Å². The fourth-order valence-electron chi connectivity index (χ4n) is 3.12. The summed E-state index contributed by atoms with van der Waals surface area (Å²) in [5, 5.41) is 4.61. The summed E-state index contributed by atoms with van der Waals surface area (Å²) in [6.07, 6.45) is 0. The van der Waals surface area contributed by atoms with Crippen molar-refractivity contribution in [3.63, 3.8) is 0 Å². The van der Waals surface area contributed by atoms with E-state index in [4.69, 9.17) is 4.74 Å². The number of hydrogen-bond donors (Lipinski definition) is 1. The van der Waals surface area contributed by atoms with E-state index in [-0.39, 0.29) is 18.4 Å². The lowest BCUT2D eigenvalue weighted by molar-refractivity contribution is -0.142. The number of amides is 2. The highest BCUT2D eigenvalue weighted by Crippen LogP contribution is 2.25. The molecule has 0 saturated carbocycles. The van der Waals surface area contributed by atoms with Crippen molar-refractivity contribution in [2.24, 2.45) is 0 Å². The van der Waals surface area contributed by atoms with E-state index in [0.29, 0.717) is 12.3 Å². The lowest BCUT2D eigenvalue weighted by Crippen LogP contribution is -2.48. The third-order valence-corrected chi connectivity index (χ3v) is 4.71. The molecule has 0 radical (unpaired) electrons. The van der Waals surface area contributed by atoms with E-state index >= 15 is 0 Å². The highest BCUT2D eigenvalue weighted by Gasteiger charge is 2.25. The van der Waals surface area contributed by atoms with Crippen LogP contribution in [-0.4, -0.2) is 36.4 Å². The summed E-state index contributed by atoms with van der Waals surface area (Å²) >= 11 is 0. The molecule has 0 spiro atoms.